The van der Waals surface area contributed by atoms with Crippen molar-refractivity contribution in [1.82, 2.24) is 0 Å². The monoisotopic (exact) mass is 140 g/mol. The molecule has 0 aromatic rings. The van der Waals surface area contributed by atoms with E-state index in [0.29, 0.717) is 0 Å². The second kappa shape index (κ2) is 6.53. The van der Waals surface area contributed by atoms with Gasteiger partial charge in [0.2, 0.25) is 0 Å². The van der Waals surface area contributed by atoms with E-state index in [9.17, 15) is 4.79 Å². The zero-order chi connectivity index (χ0) is 7.82. The summed E-state index contributed by atoms with van der Waals surface area (Å²) in [6, 6.07) is 0. The Morgan fingerprint density at radius 2 is 1.70 bits per heavy atom. The van der Waals surface area contributed by atoms with Gasteiger partial charge in [-0.25, -0.2) is 0 Å². The molecule has 0 amide bonds. The second-order valence-corrected chi connectivity index (χ2v) is 2.46. The first kappa shape index (κ1) is 9.41. The third-order valence-electron chi connectivity index (χ3n) is 1.45. The standard InChI is InChI=1S/C9H16O/c1-3-5-9(6-4-2)7-8-10/h7-8H,3-6H2,1-2H3. The molecule has 0 unspecified atom stereocenters. The van der Waals surface area contributed by atoms with Crippen LogP contribution in [0.15, 0.2) is 11.6 Å². The molecule has 0 rings (SSSR count). The summed E-state index contributed by atoms with van der Waals surface area (Å²) in [6.45, 7) is 4.27. The van der Waals surface area contributed by atoms with Crippen molar-refractivity contribution in [3.8, 4) is 0 Å². The van der Waals surface area contributed by atoms with Crippen LogP contribution >= 0.6 is 0 Å². The van der Waals surface area contributed by atoms with Gasteiger partial charge in [0.25, 0.3) is 0 Å². The van der Waals surface area contributed by atoms with Crippen LogP contribution in [0.5, 0.6) is 0 Å². The molecule has 1 nitrogen and oxygen atoms in total. The van der Waals surface area contributed by atoms with Gasteiger partial charge in [0.1, 0.15) is 6.29 Å². The third-order valence-corrected chi connectivity index (χ3v) is 1.45. The lowest BCUT2D eigenvalue weighted by atomic mass is 10.1. The number of aldehydes is 1. The summed E-state index contributed by atoms with van der Waals surface area (Å²) >= 11 is 0. The first-order chi connectivity index (χ1) is 4.85. The summed E-state index contributed by atoms with van der Waals surface area (Å²) in [5, 5.41) is 0. The Labute approximate surface area is 63.1 Å². The minimum absolute atomic E-state index is 0.890. The average molecular weight is 140 g/mol. The van der Waals surface area contributed by atoms with Gasteiger partial charge in [0, 0.05) is 0 Å². The summed E-state index contributed by atoms with van der Waals surface area (Å²) in [5.74, 6) is 0. The van der Waals surface area contributed by atoms with Gasteiger partial charge in [-0.2, -0.15) is 0 Å². The molecule has 0 radical (unpaired) electrons. The van der Waals surface area contributed by atoms with Crippen molar-refractivity contribution in [2.24, 2.45) is 0 Å². The van der Waals surface area contributed by atoms with E-state index < -0.39 is 0 Å². The highest BCUT2D eigenvalue weighted by Crippen LogP contribution is 2.10. The quantitative estimate of drug-likeness (QED) is 0.424. The van der Waals surface area contributed by atoms with Crippen LogP contribution in [0.1, 0.15) is 39.5 Å². The minimum Gasteiger partial charge on any atom is -0.299 e. The maximum Gasteiger partial charge on any atom is 0.142 e. The fraction of sp³-hybridized carbons (Fsp3) is 0.667. The van der Waals surface area contributed by atoms with Crippen LogP contribution in [0.3, 0.4) is 0 Å². The van der Waals surface area contributed by atoms with E-state index in [-0.39, 0.29) is 0 Å². The molecule has 0 atom stereocenters. The molecule has 0 bridgehead atoms. The molecule has 0 heterocycles. The Kier molecular flexibility index (Phi) is 6.14. The molecule has 0 aromatic heterocycles. The molecule has 0 saturated carbocycles. The van der Waals surface area contributed by atoms with Crippen molar-refractivity contribution in [3.05, 3.63) is 11.6 Å². The molecule has 58 valence electrons. The van der Waals surface area contributed by atoms with Gasteiger partial charge in [-0.05, 0) is 18.9 Å². The highest BCUT2D eigenvalue weighted by molar-refractivity contribution is 5.66. The molecular weight excluding hydrogens is 124 g/mol. The maximum atomic E-state index is 10.1. The van der Waals surface area contributed by atoms with Gasteiger partial charge in [0.15, 0.2) is 0 Å². The smallest absolute Gasteiger partial charge is 0.142 e. The van der Waals surface area contributed by atoms with Crippen molar-refractivity contribution in [2.75, 3.05) is 0 Å². The Bertz CT molecular complexity index is 106. The molecule has 10 heavy (non-hydrogen) atoms. The van der Waals surface area contributed by atoms with Crippen LogP contribution in [-0.4, -0.2) is 6.29 Å². The van der Waals surface area contributed by atoms with Crippen LogP contribution in [0.2, 0.25) is 0 Å². The Hall–Kier alpha value is -0.590. The van der Waals surface area contributed by atoms with Crippen molar-refractivity contribution in [2.45, 2.75) is 39.5 Å². The van der Waals surface area contributed by atoms with Gasteiger partial charge < -0.3 is 0 Å². The minimum atomic E-state index is 0.890. The number of hydrogen-bond acceptors (Lipinski definition) is 1. The van der Waals surface area contributed by atoms with E-state index in [1.54, 1.807) is 6.08 Å². The maximum absolute atomic E-state index is 10.1. The Morgan fingerprint density at radius 1 is 1.20 bits per heavy atom. The second-order valence-electron chi connectivity index (χ2n) is 2.46. The zero-order valence-corrected chi connectivity index (χ0v) is 6.89. The average Bonchev–Trinajstić information content (AvgIpc) is 1.90. The van der Waals surface area contributed by atoms with Gasteiger partial charge >= 0.3 is 0 Å². The summed E-state index contributed by atoms with van der Waals surface area (Å²) in [6.07, 6.45) is 7.02. The lowest BCUT2D eigenvalue weighted by molar-refractivity contribution is -0.104. The van der Waals surface area contributed by atoms with E-state index in [1.165, 1.54) is 5.57 Å². The fourth-order valence-electron chi connectivity index (χ4n) is 1.03. The molecule has 0 aromatic carbocycles. The van der Waals surface area contributed by atoms with E-state index >= 15 is 0 Å². The van der Waals surface area contributed by atoms with Gasteiger partial charge in [-0.3, -0.25) is 4.79 Å². The van der Waals surface area contributed by atoms with Crippen molar-refractivity contribution >= 4 is 6.29 Å². The van der Waals surface area contributed by atoms with Gasteiger partial charge in [-0.15, -0.1) is 0 Å². The summed E-state index contributed by atoms with van der Waals surface area (Å²) < 4.78 is 0. The Morgan fingerprint density at radius 3 is 2.00 bits per heavy atom. The van der Waals surface area contributed by atoms with Crippen LogP contribution in [0, 0.1) is 0 Å². The molecule has 0 aliphatic heterocycles. The predicted octanol–water partition coefficient (Wildman–Crippen LogP) is 2.71. The van der Waals surface area contributed by atoms with E-state index in [1.807, 2.05) is 0 Å². The first-order valence-electron chi connectivity index (χ1n) is 3.98. The van der Waals surface area contributed by atoms with Crippen LogP contribution in [0.25, 0.3) is 0 Å². The van der Waals surface area contributed by atoms with Crippen LogP contribution in [0.4, 0.5) is 0 Å². The molecule has 0 saturated heterocycles. The zero-order valence-electron chi connectivity index (χ0n) is 6.89. The number of rotatable bonds is 5. The lowest BCUT2D eigenvalue weighted by Crippen LogP contribution is -1.82. The lowest BCUT2D eigenvalue weighted by Gasteiger charge is -2.00. The molecule has 0 fully saturated rings. The predicted molar refractivity (Wildman–Crippen MR) is 44.0 cm³/mol. The molecule has 1 heteroatoms. The summed E-state index contributed by atoms with van der Waals surface area (Å²) in [5.41, 5.74) is 1.29. The highest BCUT2D eigenvalue weighted by Gasteiger charge is 1.92. The first-order valence-corrected chi connectivity index (χ1v) is 3.98. The van der Waals surface area contributed by atoms with Gasteiger partial charge in [-0.1, -0.05) is 32.3 Å². The summed E-state index contributed by atoms with van der Waals surface area (Å²) in [7, 11) is 0. The molecule has 0 aliphatic carbocycles. The van der Waals surface area contributed by atoms with Crippen molar-refractivity contribution in [1.29, 1.82) is 0 Å². The van der Waals surface area contributed by atoms with Crippen LogP contribution in [-0.2, 0) is 4.79 Å². The molecular formula is C9H16O. The largest absolute Gasteiger partial charge is 0.299 e. The highest BCUT2D eigenvalue weighted by atomic mass is 16.1. The Balaban J connectivity index is 3.71. The van der Waals surface area contributed by atoms with E-state index in [4.69, 9.17) is 0 Å². The SMILES string of the molecule is CCCC(=CC=O)CCC. The molecule has 0 N–H and O–H groups in total. The molecule has 0 spiro atoms. The third kappa shape index (κ3) is 4.30. The topological polar surface area (TPSA) is 17.1 Å². The number of hydrogen-bond donors (Lipinski definition) is 0. The van der Waals surface area contributed by atoms with E-state index in [2.05, 4.69) is 13.8 Å². The summed E-state index contributed by atoms with van der Waals surface area (Å²) in [4.78, 5) is 10.1. The van der Waals surface area contributed by atoms with E-state index in [0.717, 1.165) is 32.0 Å². The fourth-order valence-corrected chi connectivity index (χ4v) is 1.03. The number of allylic oxidation sites excluding steroid dienone is 2. The van der Waals surface area contributed by atoms with Crippen molar-refractivity contribution in [3.63, 3.8) is 0 Å². The van der Waals surface area contributed by atoms with Crippen molar-refractivity contribution < 1.29 is 4.79 Å². The normalized spacial score (nSPS) is 9.00. The number of carbonyl (C=O) groups excluding carboxylic acids is 1. The van der Waals surface area contributed by atoms with Crippen LogP contribution < -0.4 is 0 Å². The van der Waals surface area contributed by atoms with Gasteiger partial charge in [0.05, 0.1) is 0 Å². The molecule has 0 aliphatic rings. The number of carbonyl (C=O) groups is 1.